The van der Waals surface area contributed by atoms with Crippen molar-refractivity contribution >= 4 is 11.6 Å². The van der Waals surface area contributed by atoms with Gasteiger partial charge in [-0.05, 0) is 12.5 Å². The molecule has 7 heteroatoms. The van der Waals surface area contributed by atoms with Crippen molar-refractivity contribution in [3.63, 3.8) is 0 Å². The van der Waals surface area contributed by atoms with Crippen LogP contribution in [0.15, 0.2) is 54.7 Å². The summed E-state index contributed by atoms with van der Waals surface area (Å²) in [6.07, 6.45) is 1.57. The van der Waals surface area contributed by atoms with E-state index in [1.54, 1.807) is 29.9 Å². The molecule has 3 rings (SSSR count). The Morgan fingerprint density at radius 1 is 1.20 bits per heavy atom. The van der Waals surface area contributed by atoms with Crippen LogP contribution in [0.2, 0.25) is 0 Å². The van der Waals surface area contributed by atoms with Crippen LogP contribution in [0.1, 0.15) is 21.5 Å². The Kier molecular flexibility index (Phi) is 4.30. The van der Waals surface area contributed by atoms with Gasteiger partial charge in [0, 0.05) is 23.4 Å². The van der Waals surface area contributed by atoms with Crippen LogP contribution in [0.3, 0.4) is 0 Å². The molecular formula is C18H16N4O3. The number of rotatable bonds is 5. The highest BCUT2D eigenvalue weighted by Crippen LogP contribution is 2.24. The van der Waals surface area contributed by atoms with Gasteiger partial charge in [0.1, 0.15) is 5.69 Å². The van der Waals surface area contributed by atoms with E-state index >= 15 is 0 Å². The molecule has 0 aliphatic rings. The molecule has 0 aliphatic carbocycles. The van der Waals surface area contributed by atoms with Gasteiger partial charge in [-0.2, -0.15) is 5.10 Å². The van der Waals surface area contributed by atoms with E-state index in [0.29, 0.717) is 23.4 Å². The summed E-state index contributed by atoms with van der Waals surface area (Å²) < 4.78 is 1.58. The minimum Gasteiger partial charge on any atom is -0.365 e. The molecule has 2 aromatic carbocycles. The third-order valence-electron chi connectivity index (χ3n) is 4.02. The van der Waals surface area contributed by atoms with Gasteiger partial charge in [0.25, 0.3) is 11.6 Å². The summed E-state index contributed by atoms with van der Waals surface area (Å²) in [7, 11) is 0. The number of nitrogens with two attached hydrogens (primary N) is 1. The molecule has 0 bridgehead atoms. The van der Waals surface area contributed by atoms with Crippen molar-refractivity contribution in [2.24, 2.45) is 5.73 Å². The number of hydrogen-bond acceptors (Lipinski definition) is 4. The Bertz CT molecular complexity index is 948. The first kappa shape index (κ1) is 16.4. The van der Waals surface area contributed by atoms with E-state index in [1.165, 1.54) is 6.07 Å². The van der Waals surface area contributed by atoms with Gasteiger partial charge in [-0.3, -0.25) is 19.6 Å². The van der Waals surface area contributed by atoms with Crippen LogP contribution < -0.4 is 5.73 Å². The molecule has 0 unspecified atom stereocenters. The van der Waals surface area contributed by atoms with E-state index in [4.69, 9.17) is 5.73 Å². The van der Waals surface area contributed by atoms with Gasteiger partial charge in [-0.1, -0.05) is 42.5 Å². The fourth-order valence-electron chi connectivity index (χ4n) is 2.71. The maximum atomic E-state index is 11.8. The average Bonchev–Trinajstić information content (AvgIpc) is 3.01. The Hall–Kier alpha value is -3.48. The smallest absolute Gasteiger partial charge is 0.272 e. The molecule has 1 aromatic heterocycles. The van der Waals surface area contributed by atoms with Crippen molar-refractivity contribution in [2.75, 3.05) is 0 Å². The quantitative estimate of drug-likeness (QED) is 0.571. The van der Waals surface area contributed by atoms with E-state index in [-0.39, 0.29) is 5.69 Å². The molecule has 0 aliphatic heterocycles. The summed E-state index contributed by atoms with van der Waals surface area (Å²) in [6, 6.07) is 14.2. The highest BCUT2D eigenvalue weighted by molar-refractivity contribution is 5.98. The summed E-state index contributed by atoms with van der Waals surface area (Å²) in [5.41, 5.74) is 8.45. The van der Waals surface area contributed by atoms with Gasteiger partial charge in [-0.25, -0.2) is 0 Å². The van der Waals surface area contributed by atoms with Crippen molar-refractivity contribution in [2.45, 2.75) is 13.5 Å². The Balaban J connectivity index is 2.01. The molecule has 0 atom stereocenters. The molecule has 7 nitrogen and oxygen atoms in total. The summed E-state index contributed by atoms with van der Waals surface area (Å²) >= 11 is 0. The number of amides is 1. The number of carbonyl (C=O) groups is 1. The SMILES string of the molecule is Cc1c(Cn2cc(C(N)=O)c(-c3ccccc3)n2)cccc1[N+](=O)[O-]. The molecular weight excluding hydrogens is 320 g/mol. The van der Waals surface area contributed by atoms with E-state index in [2.05, 4.69) is 5.10 Å². The highest BCUT2D eigenvalue weighted by Gasteiger charge is 2.18. The minimum atomic E-state index is -0.569. The fourth-order valence-corrected chi connectivity index (χ4v) is 2.71. The zero-order valence-electron chi connectivity index (χ0n) is 13.5. The third-order valence-corrected chi connectivity index (χ3v) is 4.02. The van der Waals surface area contributed by atoms with E-state index in [9.17, 15) is 14.9 Å². The second kappa shape index (κ2) is 6.56. The van der Waals surface area contributed by atoms with Crippen LogP contribution in [0.4, 0.5) is 5.69 Å². The number of nitro groups is 1. The summed E-state index contributed by atoms with van der Waals surface area (Å²) in [5, 5.41) is 15.5. The van der Waals surface area contributed by atoms with E-state index < -0.39 is 10.8 Å². The lowest BCUT2D eigenvalue weighted by Gasteiger charge is -2.06. The van der Waals surface area contributed by atoms with Crippen LogP contribution in [0.25, 0.3) is 11.3 Å². The molecule has 1 heterocycles. The second-order valence-electron chi connectivity index (χ2n) is 5.64. The highest BCUT2D eigenvalue weighted by atomic mass is 16.6. The predicted molar refractivity (Wildman–Crippen MR) is 93.1 cm³/mol. The lowest BCUT2D eigenvalue weighted by molar-refractivity contribution is -0.385. The molecule has 0 radical (unpaired) electrons. The topological polar surface area (TPSA) is 104 Å². The molecule has 0 saturated carbocycles. The zero-order valence-corrected chi connectivity index (χ0v) is 13.5. The molecule has 2 N–H and O–H groups in total. The number of hydrogen-bond donors (Lipinski definition) is 1. The van der Waals surface area contributed by atoms with Crippen LogP contribution in [0.5, 0.6) is 0 Å². The van der Waals surface area contributed by atoms with Gasteiger partial charge in [-0.15, -0.1) is 0 Å². The lowest BCUT2D eigenvalue weighted by atomic mass is 10.1. The number of nitrogens with zero attached hydrogens (tertiary/aromatic N) is 3. The third kappa shape index (κ3) is 3.25. The van der Waals surface area contributed by atoms with Crippen molar-refractivity contribution in [3.8, 4) is 11.3 Å². The Morgan fingerprint density at radius 3 is 2.56 bits per heavy atom. The van der Waals surface area contributed by atoms with Gasteiger partial charge in [0.2, 0.25) is 0 Å². The zero-order chi connectivity index (χ0) is 18.0. The first-order valence-electron chi connectivity index (χ1n) is 7.63. The van der Waals surface area contributed by atoms with Crippen molar-refractivity contribution in [1.82, 2.24) is 9.78 Å². The van der Waals surface area contributed by atoms with Gasteiger partial charge in [0.05, 0.1) is 17.0 Å². The normalized spacial score (nSPS) is 10.6. The van der Waals surface area contributed by atoms with E-state index in [0.717, 1.165) is 11.1 Å². The maximum absolute atomic E-state index is 11.8. The molecule has 126 valence electrons. The van der Waals surface area contributed by atoms with Gasteiger partial charge < -0.3 is 5.73 Å². The second-order valence-corrected chi connectivity index (χ2v) is 5.64. The largest absolute Gasteiger partial charge is 0.365 e. The predicted octanol–water partition coefficient (Wildman–Crippen LogP) is 2.91. The van der Waals surface area contributed by atoms with Crippen LogP contribution in [-0.4, -0.2) is 20.6 Å². The van der Waals surface area contributed by atoms with Crippen molar-refractivity contribution < 1.29 is 9.72 Å². The molecule has 25 heavy (non-hydrogen) atoms. The number of carbonyl (C=O) groups excluding carboxylic acids is 1. The van der Waals surface area contributed by atoms with Gasteiger partial charge >= 0.3 is 0 Å². The molecule has 1 amide bonds. The van der Waals surface area contributed by atoms with Crippen LogP contribution in [-0.2, 0) is 6.54 Å². The van der Waals surface area contributed by atoms with Crippen molar-refractivity contribution in [3.05, 3.63) is 81.5 Å². The number of benzene rings is 2. The number of aromatic nitrogens is 2. The van der Waals surface area contributed by atoms with Crippen molar-refractivity contribution in [1.29, 1.82) is 0 Å². The number of primary amides is 1. The Labute approximate surface area is 143 Å². The maximum Gasteiger partial charge on any atom is 0.272 e. The van der Waals surface area contributed by atoms with Crippen LogP contribution >= 0.6 is 0 Å². The summed E-state index contributed by atoms with van der Waals surface area (Å²) in [4.78, 5) is 22.4. The van der Waals surface area contributed by atoms with E-state index in [1.807, 2.05) is 30.3 Å². The minimum absolute atomic E-state index is 0.0584. The Morgan fingerprint density at radius 2 is 1.92 bits per heavy atom. The monoisotopic (exact) mass is 336 g/mol. The molecule has 0 spiro atoms. The first-order chi connectivity index (χ1) is 12.0. The summed E-state index contributed by atoms with van der Waals surface area (Å²) in [5.74, 6) is -0.569. The standard InChI is InChI=1S/C18H16N4O3/c1-12-14(8-5-9-16(12)22(24)25)10-21-11-15(18(19)23)17(20-21)13-6-3-2-4-7-13/h2-9,11H,10H2,1H3,(H2,19,23). The molecule has 0 fully saturated rings. The lowest BCUT2D eigenvalue weighted by Crippen LogP contribution is -2.11. The fraction of sp³-hybridized carbons (Fsp3) is 0.111. The van der Waals surface area contributed by atoms with Crippen LogP contribution in [0, 0.1) is 17.0 Å². The summed E-state index contributed by atoms with van der Waals surface area (Å²) in [6.45, 7) is 2.00. The molecule has 0 saturated heterocycles. The number of nitro benzene ring substituents is 1. The first-order valence-corrected chi connectivity index (χ1v) is 7.63. The average molecular weight is 336 g/mol. The molecule has 3 aromatic rings. The van der Waals surface area contributed by atoms with Gasteiger partial charge in [0.15, 0.2) is 0 Å².